The predicted octanol–water partition coefficient (Wildman–Crippen LogP) is 2.44. The molecule has 0 aliphatic heterocycles. The molecule has 1 atom stereocenters. The van der Waals surface area contributed by atoms with Crippen molar-refractivity contribution >= 4 is 0 Å². The highest BCUT2D eigenvalue weighted by molar-refractivity contribution is 4.79. The van der Waals surface area contributed by atoms with Gasteiger partial charge in [0.2, 0.25) is 5.92 Å². The van der Waals surface area contributed by atoms with Gasteiger partial charge in [0.05, 0.1) is 0 Å². The zero-order valence-corrected chi connectivity index (χ0v) is 7.39. The van der Waals surface area contributed by atoms with Gasteiger partial charge in [0.25, 0.3) is 0 Å². The van der Waals surface area contributed by atoms with Gasteiger partial charge in [0, 0.05) is 19.4 Å². The van der Waals surface area contributed by atoms with Gasteiger partial charge in [0.15, 0.2) is 0 Å². The molecule has 1 saturated carbocycles. The Bertz CT molecular complexity index is 137. The van der Waals surface area contributed by atoms with E-state index in [0.717, 1.165) is 0 Å². The maximum atomic E-state index is 12.7. The Kier molecular flexibility index (Phi) is 3.04. The van der Waals surface area contributed by atoms with Crippen LogP contribution < -0.4 is 0 Å². The van der Waals surface area contributed by atoms with Gasteiger partial charge in [-0.1, -0.05) is 6.92 Å². The molecule has 0 saturated heterocycles. The van der Waals surface area contributed by atoms with Crippen LogP contribution in [-0.4, -0.2) is 17.6 Å². The van der Waals surface area contributed by atoms with Crippen LogP contribution in [0.25, 0.3) is 0 Å². The Morgan fingerprint density at radius 1 is 1.42 bits per heavy atom. The number of rotatable bonds is 2. The van der Waals surface area contributed by atoms with Gasteiger partial charge in [0.1, 0.15) is 0 Å². The Morgan fingerprint density at radius 2 is 1.92 bits per heavy atom. The molecule has 1 aliphatic rings. The molecule has 0 aromatic rings. The van der Waals surface area contributed by atoms with E-state index in [1.54, 1.807) is 0 Å². The van der Waals surface area contributed by atoms with Crippen LogP contribution in [0.15, 0.2) is 0 Å². The Hall–Kier alpha value is -0.180. The molecule has 72 valence electrons. The van der Waals surface area contributed by atoms with Gasteiger partial charge in [-0.25, -0.2) is 8.78 Å². The van der Waals surface area contributed by atoms with Gasteiger partial charge >= 0.3 is 0 Å². The molecule has 0 aromatic heterocycles. The molecule has 0 heterocycles. The average Bonchev–Trinajstić information content (AvgIpc) is 2.03. The van der Waals surface area contributed by atoms with E-state index in [4.69, 9.17) is 5.11 Å². The number of alkyl halides is 2. The molecule has 12 heavy (non-hydrogen) atoms. The van der Waals surface area contributed by atoms with Gasteiger partial charge in [-0.05, 0) is 24.7 Å². The summed E-state index contributed by atoms with van der Waals surface area (Å²) in [5, 5.41) is 8.83. The first-order chi connectivity index (χ1) is 5.55. The molecule has 0 radical (unpaired) electrons. The van der Waals surface area contributed by atoms with E-state index in [9.17, 15) is 8.78 Å². The van der Waals surface area contributed by atoms with Crippen LogP contribution in [0.3, 0.4) is 0 Å². The number of hydrogen-bond acceptors (Lipinski definition) is 1. The first-order valence-electron chi connectivity index (χ1n) is 4.54. The SMILES string of the molecule is CC(CO)C1CCC(F)(F)CC1. The molecule has 0 amide bonds. The second-order valence-electron chi connectivity index (χ2n) is 3.85. The summed E-state index contributed by atoms with van der Waals surface area (Å²) in [5.41, 5.74) is 0. The summed E-state index contributed by atoms with van der Waals surface area (Å²) in [5.74, 6) is -1.96. The van der Waals surface area contributed by atoms with Crippen LogP contribution in [0.5, 0.6) is 0 Å². The lowest BCUT2D eigenvalue weighted by Gasteiger charge is -2.31. The molecule has 1 unspecified atom stereocenters. The van der Waals surface area contributed by atoms with Crippen molar-refractivity contribution < 1.29 is 13.9 Å². The lowest BCUT2D eigenvalue weighted by Crippen LogP contribution is -2.28. The van der Waals surface area contributed by atoms with Crippen LogP contribution in [0, 0.1) is 11.8 Å². The predicted molar refractivity (Wildman–Crippen MR) is 43.2 cm³/mol. The zero-order chi connectivity index (χ0) is 9.19. The highest BCUT2D eigenvalue weighted by Crippen LogP contribution is 2.38. The monoisotopic (exact) mass is 178 g/mol. The maximum Gasteiger partial charge on any atom is 0.248 e. The van der Waals surface area contributed by atoms with E-state index >= 15 is 0 Å². The van der Waals surface area contributed by atoms with Crippen LogP contribution in [0.4, 0.5) is 8.78 Å². The first-order valence-corrected chi connectivity index (χ1v) is 4.54. The van der Waals surface area contributed by atoms with E-state index in [-0.39, 0.29) is 25.4 Å². The molecule has 1 rings (SSSR count). The second-order valence-corrected chi connectivity index (χ2v) is 3.85. The van der Waals surface area contributed by atoms with Crippen LogP contribution in [0.2, 0.25) is 0 Å². The second kappa shape index (κ2) is 3.69. The van der Waals surface area contributed by atoms with Crippen LogP contribution >= 0.6 is 0 Å². The summed E-state index contributed by atoms with van der Waals surface area (Å²) in [4.78, 5) is 0. The summed E-state index contributed by atoms with van der Waals surface area (Å²) in [6, 6.07) is 0. The van der Waals surface area contributed by atoms with Gasteiger partial charge < -0.3 is 5.11 Å². The number of halogens is 2. The van der Waals surface area contributed by atoms with E-state index in [2.05, 4.69) is 0 Å². The van der Waals surface area contributed by atoms with E-state index < -0.39 is 5.92 Å². The normalized spacial score (nSPS) is 27.0. The highest BCUT2D eigenvalue weighted by atomic mass is 19.3. The molecule has 0 aromatic carbocycles. The highest BCUT2D eigenvalue weighted by Gasteiger charge is 2.36. The van der Waals surface area contributed by atoms with Gasteiger partial charge in [-0.15, -0.1) is 0 Å². The summed E-state index contributed by atoms with van der Waals surface area (Å²) in [7, 11) is 0. The maximum absolute atomic E-state index is 12.7. The minimum atomic E-state index is -2.44. The molecule has 1 fully saturated rings. The fraction of sp³-hybridized carbons (Fsp3) is 1.00. The summed E-state index contributed by atoms with van der Waals surface area (Å²) < 4.78 is 25.4. The third kappa shape index (κ3) is 2.41. The Morgan fingerprint density at radius 3 is 2.33 bits per heavy atom. The third-order valence-electron chi connectivity index (χ3n) is 2.85. The van der Waals surface area contributed by atoms with Crippen molar-refractivity contribution in [3.63, 3.8) is 0 Å². The fourth-order valence-electron chi connectivity index (χ4n) is 1.78. The Balaban J connectivity index is 2.36. The van der Waals surface area contributed by atoms with Crippen molar-refractivity contribution in [1.29, 1.82) is 0 Å². The average molecular weight is 178 g/mol. The van der Waals surface area contributed by atoms with E-state index in [1.807, 2.05) is 6.92 Å². The van der Waals surface area contributed by atoms with Crippen molar-refractivity contribution in [2.75, 3.05) is 6.61 Å². The van der Waals surface area contributed by atoms with Crippen molar-refractivity contribution in [2.24, 2.45) is 11.8 Å². The molecular formula is C9H16F2O. The molecule has 3 heteroatoms. The minimum Gasteiger partial charge on any atom is -0.396 e. The first kappa shape index (κ1) is 9.90. The van der Waals surface area contributed by atoms with E-state index in [1.165, 1.54) is 0 Å². The lowest BCUT2D eigenvalue weighted by molar-refractivity contribution is -0.0540. The Labute approximate surface area is 71.8 Å². The van der Waals surface area contributed by atoms with Gasteiger partial charge in [-0.3, -0.25) is 0 Å². The standard InChI is InChI=1S/C9H16F2O/c1-7(6-12)8-2-4-9(10,11)5-3-8/h7-8,12H,2-6H2,1H3. The van der Waals surface area contributed by atoms with Crippen molar-refractivity contribution in [2.45, 2.75) is 38.5 Å². The zero-order valence-electron chi connectivity index (χ0n) is 7.39. The molecular weight excluding hydrogens is 162 g/mol. The molecule has 1 nitrogen and oxygen atoms in total. The van der Waals surface area contributed by atoms with Crippen molar-refractivity contribution in [3.8, 4) is 0 Å². The summed E-state index contributed by atoms with van der Waals surface area (Å²) in [6.45, 7) is 2.05. The van der Waals surface area contributed by atoms with Crippen LogP contribution in [0.1, 0.15) is 32.6 Å². The molecule has 0 spiro atoms. The third-order valence-corrected chi connectivity index (χ3v) is 2.85. The quantitative estimate of drug-likeness (QED) is 0.688. The lowest BCUT2D eigenvalue weighted by atomic mass is 9.80. The molecule has 1 aliphatic carbocycles. The molecule has 0 bridgehead atoms. The fourth-order valence-corrected chi connectivity index (χ4v) is 1.78. The van der Waals surface area contributed by atoms with Crippen molar-refractivity contribution in [1.82, 2.24) is 0 Å². The topological polar surface area (TPSA) is 20.2 Å². The summed E-state index contributed by atoms with van der Waals surface area (Å²) >= 11 is 0. The van der Waals surface area contributed by atoms with Gasteiger partial charge in [-0.2, -0.15) is 0 Å². The van der Waals surface area contributed by atoms with Crippen molar-refractivity contribution in [3.05, 3.63) is 0 Å². The minimum absolute atomic E-state index is 0.00199. The smallest absolute Gasteiger partial charge is 0.248 e. The number of hydrogen-bond donors (Lipinski definition) is 1. The van der Waals surface area contributed by atoms with E-state index in [0.29, 0.717) is 18.8 Å². The van der Waals surface area contributed by atoms with Crippen LogP contribution in [-0.2, 0) is 0 Å². The summed E-state index contributed by atoms with van der Waals surface area (Å²) in [6.07, 6.45) is 1.13. The molecule has 1 N–H and O–H groups in total. The number of aliphatic hydroxyl groups excluding tert-OH is 1. The largest absolute Gasteiger partial charge is 0.396 e. The number of aliphatic hydroxyl groups is 1.